The van der Waals surface area contributed by atoms with Gasteiger partial charge in [0.15, 0.2) is 0 Å². The van der Waals surface area contributed by atoms with Crippen molar-refractivity contribution in [3.05, 3.63) is 35.4 Å². The van der Waals surface area contributed by atoms with Crippen LogP contribution < -0.4 is 5.32 Å². The minimum Gasteiger partial charge on any atom is -0.480 e. The molecule has 0 heterocycles. The van der Waals surface area contributed by atoms with Crippen LogP contribution in [0.3, 0.4) is 0 Å². The molecule has 0 spiro atoms. The summed E-state index contributed by atoms with van der Waals surface area (Å²) in [6.45, 7) is 1.19. The van der Waals surface area contributed by atoms with Gasteiger partial charge in [0.1, 0.15) is 12.6 Å². The number of esters is 1. The Hall–Kier alpha value is -2.45. The molecular weight excluding hydrogens is 306 g/mol. The minimum atomic E-state index is -1.49. The molecule has 0 aliphatic heterocycles. The highest BCUT2D eigenvalue weighted by Crippen LogP contribution is 2.23. The van der Waals surface area contributed by atoms with Crippen LogP contribution in [-0.2, 0) is 14.3 Å². The Morgan fingerprint density at radius 1 is 1.22 bits per heavy atom. The number of carboxylic acids is 1. The third-order valence-corrected chi connectivity index (χ3v) is 2.97. The molecule has 1 rings (SSSR count). The molecule has 0 radical (unpaired) electrons. The van der Waals surface area contributed by atoms with E-state index in [1.54, 1.807) is 13.0 Å². The minimum absolute atomic E-state index is 0.0177. The maximum Gasteiger partial charge on any atom is 0.322 e. The molecular formula is C15H19NO7. The SMILES string of the molecule is CCOC(=O)CC(O)C(O)c1ccccc1C(=O)NCC(=O)O. The molecule has 23 heavy (non-hydrogen) atoms. The molecule has 0 fully saturated rings. The summed E-state index contributed by atoms with van der Waals surface area (Å²) in [7, 11) is 0. The van der Waals surface area contributed by atoms with Crippen LogP contribution in [0, 0.1) is 0 Å². The Morgan fingerprint density at radius 3 is 2.48 bits per heavy atom. The second-order valence-electron chi connectivity index (χ2n) is 4.68. The van der Waals surface area contributed by atoms with Crippen LogP contribution in [0.25, 0.3) is 0 Å². The number of carboxylic acid groups (broad SMARTS) is 1. The van der Waals surface area contributed by atoms with Crippen LogP contribution >= 0.6 is 0 Å². The predicted molar refractivity (Wildman–Crippen MR) is 78.6 cm³/mol. The summed E-state index contributed by atoms with van der Waals surface area (Å²) < 4.78 is 4.69. The van der Waals surface area contributed by atoms with E-state index in [1.807, 2.05) is 0 Å². The molecule has 2 unspecified atom stereocenters. The van der Waals surface area contributed by atoms with Gasteiger partial charge in [-0.15, -0.1) is 0 Å². The highest BCUT2D eigenvalue weighted by atomic mass is 16.5. The standard InChI is InChI=1S/C15H19NO7/c1-2-23-13(20)7-11(17)14(21)9-5-3-4-6-10(9)15(22)16-8-12(18)19/h3-6,11,14,17,21H,2,7-8H2,1H3,(H,16,22)(H,18,19). The lowest BCUT2D eigenvalue weighted by Gasteiger charge is -2.20. The zero-order valence-electron chi connectivity index (χ0n) is 12.6. The number of rotatable bonds is 8. The maximum absolute atomic E-state index is 12.0. The van der Waals surface area contributed by atoms with Crippen LogP contribution in [0.1, 0.15) is 35.4 Å². The molecule has 1 aromatic rings. The van der Waals surface area contributed by atoms with Crippen LogP contribution in [0.15, 0.2) is 24.3 Å². The van der Waals surface area contributed by atoms with Crippen molar-refractivity contribution in [2.75, 3.05) is 13.2 Å². The number of amides is 1. The molecule has 0 bridgehead atoms. The van der Waals surface area contributed by atoms with E-state index in [1.165, 1.54) is 18.2 Å². The van der Waals surface area contributed by atoms with Gasteiger partial charge >= 0.3 is 11.9 Å². The number of carbonyl (C=O) groups excluding carboxylic acids is 2. The molecule has 0 aliphatic rings. The number of aliphatic hydroxyl groups excluding tert-OH is 2. The molecule has 2 atom stereocenters. The summed E-state index contributed by atoms with van der Waals surface area (Å²) in [5.74, 6) is -2.59. The Balaban J connectivity index is 2.88. The molecule has 0 saturated carbocycles. The van der Waals surface area contributed by atoms with Gasteiger partial charge < -0.3 is 25.4 Å². The summed E-state index contributed by atoms with van der Waals surface area (Å²) in [5, 5.41) is 30.8. The molecule has 1 amide bonds. The van der Waals surface area contributed by atoms with E-state index < -0.39 is 43.0 Å². The lowest BCUT2D eigenvalue weighted by atomic mass is 9.96. The van der Waals surface area contributed by atoms with Gasteiger partial charge in [-0.25, -0.2) is 0 Å². The van der Waals surface area contributed by atoms with Gasteiger partial charge in [0.25, 0.3) is 5.91 Å². The lowest BCUT2D eigenvalue weighted by molar-refractivity contribution is -0.147. The molecule has 4 N–H and O–H groups in total. The number of hydrogen-bond acceptors (Lipinski definition) is 6. The maximum atomic E-state index is 12.0. The third-order valence-electron chi connectivity index (χ3n) is 2.97. The van der Waals surface area contributed by atoms with Gasteiger partial charge in [0.2, 0.25) is 0 Å². The van der Waals surface area contributed by atoms with Crippen LogP contribution in [0.5, 0.6) is 0 Å². The van der Waals surface area contributed by atoms with Crippen molar-refractivity contribution in [2.24, 2.45) is 0 Å². The van der Waals surface area contributed by atoms with E-state index in [2.05, 4.69) is 10.1 Å². The first-order chi connectivity index (χ1) is 10.9. The average molecular weight is 325 g/mol. The highest BCUT2D eigenvalue weighted by Gasteiger charge is 2.26. The fourth-order valence-corrected chi connectivity index (χ4v) is 1.92. The second kappa shape index (κ2) is 8.86. The van der Waals surface area contributed by atoms with Crippen molar-refractivity contribution in [1.82, 2.24) is 5.32 Å². The number of carbonyl (C=O) groups is 3. The average Bonchev–Trinajstić information content (AvgIpc) is 2.51. The van der Waals surface area contributed by atoms with E-state index in [4.69, 9.17) is 5.11 Å². The van der Waals surface area contributed by atoms with Crippen molar-refractivity contribution in [3.8, 4) is 0 Å². The van der Waals surface area contributed by atoms with Gasteiger partial charge in [0.05, 0.1) is 19.1 Å². The number of hydrogen-bond donors (Lipinski definition) is 4. The van der Waals surface area contributed by atoms with Crippen molar-refractivity contribution < 1.29 is 34.4 Å². The Labute approximate surface area is 132 Å². The zero-order chi connectivity index (χ0) is 17.4. The number of ether oxygens (including phenoxy) is 1. The summed E-state index contributed by atoms with van der Waals surface area (Å²) in [4.78, 5) is 33.8. The largest absolute Gasteiger partial charge is 0.480 e. The normalized spacial score (nSPS) is 13.0. The molecule has 8 heteroatoms. The van der Waals surface area contributed by atoms with Gasteiger partial charge in [-0.2, -0.15) is 0 Å². The number of aliphatic hydroxyl groups is 2. The van der Waals surface area contributed by atoms with Crippen molar-refractivity contribution in [3.63, 3.8) is 0 Å². The van der Waals surface area contributed by atoms with E-state index in [-0.39, 0.29) is 17.7 Å². The van der Waals surface area contributed by atoms with Gasteiger partial charge in [-0.05, 0) is 18.6 Å². The first-order valence-electron chi connectivity index (χ1n) is 6.97. The smallest absolute Gasteiger partial charge is 0.322 e. The fraction of sp³-hybridized carbons (Fsp3) is 0.400. The summed E-state index contributed by atoms with van der Waals surface area (Å²) in [5.41, 5.74) is 0.108. The molecule has 0 aliphatic carbocycles. The van der Waals surface area contributed by atoms with Crippen LogP contribution in [-0.4, -0.2) is 52.4 Å². The topological polar surface area (TPSA) is 133 Å². The first kappa shape index (κ1) is 18.6. The summed E-state index contributed by atoms with van der Waals surface area (Å²) in [6.07, 6.45) is -3.38. The van der Waals surface area contributed by atoms with E-state index >= 15 is 0 Å². The van der Waals surface area contributed by atoms with E-state index in [0.29, 0.717) is 0 Å². The quantitative estimate of drug-likeness (QED) is 0.488. The zero-order valence-corrected chi connectivity index (χ0v) is 12.6. The van der Waals surface area contributed by atoms with Gasteiger partial charge in [-0.3, -0.25) is 14.4 Å². The highest BCUT2D eigenvalue weighted by molar-refractivity contribution is 5.97. The van der Waals surface area contributed by atoms with Gasteiger partial charge in [0, 0.05) is 5.56 Å². The predicted octanol–water partition coefficient (Wildman–Crippen LogP) is -0.152. The molecule has 8 nitrogen and oxygen atoms in total. The summed E-state index contributed by atoms with van der Waals surface area (Å²) >= 11 is 0. The molecule has 126 valence electrons. The molecule has 0 aromatic heterocycles. The molecule has 1 aromatic carbocycles. The molecule has 0 saturated heterocycles. The van der Waals surface area contributed by atoms with E-state index in [0.717, 1.165) is 0 Å². The lowest BCUT2D eigenvalue weighted by Crippen LogP contribution is -2.31. The van der Waals surface area contributed by atoms with Crippen molar-refractivity contribution >= 4 is 17.8 Å². The van der Waals surface area contributed by atoms with Crippen LogP contribution in [0.4, 0.5) is 0 Å². The first-order valence-corrected chi connectivity index (χ1v) is 6.97. The van der Waals surface area contributed by atoms with Crippen molar-refractivity contribution in [2.45, 2.75) is 25.6 Å². The van der Waals surface area contributed by atoms with Crippen LogP contribution in [0.2, 0.25) is 0 Å². The Bertz CT molecular complexity index is 573. The number of benzene rings is 1. The van der Waals surface area contributed by atoms with Gasteiger partial charge in [-0.1, -0.05) is 18.2 Å². The second-order valence-corrected chi connectivity index (χ2v) is 4.68. The third kappa shape index (κ3) is 5.68. The van der Waals surface area contributed by atoms with E-state index in [9.17, 15) is 24.6 Å². The number of aliphatic carboxylic acids is 1. The summed E-state index contributed by atoms with van der Waals surface area (Å²) in [6, 6.07) is 5.87. The monoisotopic (exact) mass is 325 g/mol. The van der Waals surface area contributed by atoms with Crippen molar-refractivity contribution in [1.29, 1.82) is 0 Å². The number of nitrogens with one attached hydrogen (secondary N) is 1. The Morgan fingerprint density at radius 2 is 1.87 bits per heavy atom. The fourth-order valence-electron chi connectivity index (χ4n) is 1.92. The Kier molecular flexibility index (Phi) is 7.17.